The van der Waals surface area contributed by atoms with Gasteiger partial charge in [-0.15, -0.1) is 8.78 Å². The number of carbonyl (C=O) groups excluding carboxylic acids is 2. The van der Waals surface area contributed by atoms with E-state index in [2.05, 4.69) is 25.1 Å². The van der Waals surface area contributed by atoms with Crippen molar-refractivity contribution < 1.29 is 44.9 Å². The van der Waals surface area contributed by atoms with Gasteiger partial charge >= 0.3 is 23.4 Å². The number of carbonyl (C=O) groups is 2. The molecule has 1 saturated carbocycles. The molecule has 39 heavy (non-hydrogen) atoms. The molecule has 1 aromatic heterocycles. The number of pyridine rings is 1. The molecule has 4 N–H and O–H groups in total. The molecule has 1 fully saturated rings. The number of aryl methyl sites for hydroxylation is 1. The molecule has 5 rings (SSSR count). The van der Waals surface area contributed by atoms with E-state index < -0.39 is 11.7 Å². The smallest absolute Gasteiger partial charge is 0.395 e. The number of rotatable bonds is 7. The van der Waals surface area contributed by atoms with Crippen molar-refractivity contribution in [1.82, 2.24) is 10.3 Å². The Morgan fingerprint density at radius 1 is 1.03 bits per heavy atom. The zero-order valence-corrected chi connectivity index (χ0v) is 22.7. The summed E-state index contributed by atoms with van der Waals surface area (Å²) in [6.07, 6.45) is -2.59. The first-order valence-electron chi connectivity index (χ1n) is 11.5. The van der Waals surface area contributed by atoms with E-state index in [0.717, 1.165) is 11.1 Å². The van der Waals surface area contributed by atoms with Gasteiger partial charge in [0.05, 0.1) is 11.1 Å². The molecule has 3 aromatic rings. The number of aromatic nitrogens is 1. The second-order valence-corrected chi connectivity index (χ2v) is 8.85. The van der Waals surface area contributed by atoms with Gasteiger partial charge in [-0.2, -0.15) is 0 Å². The van der Waals surface area contributed by atoms with Gasteiger partial charge in [-0.1, -0.05) is 24.3 Å². The van der Waals surface area contributed by atoms with Crippen molar-refractivity contribution in [2.75, 3.05) is 18.4 Å². The van der Waals surface area contributed by atoms with Crippen LogP contribution in [0, 0.1) is 21.8 Å². The number of hydrogen-bond acceptors (Lipinski definition) is 6. The topological polar surface area (TPSA) is 116 Å². The number of halogens is 2. The van der Waals surface area contributed by atoms with Crippen molar-refractivity contribution >= 4 is 17.6 Å². The standard InChI is InChI=1S/C26H24F2N4O4.2CH3.Cu/c1-15-5-8-21(31-22(15)16-3-2-4-17(13-16)23(33)30-12-11-29)32-24(34)25(9-10-25)18-6-7-19-20(14-18)36-26(27,28)35-19;;;/h2-8,13-14H,9-12,29H2,1H3,(H,30,33)(H,31,32,34);2*1H3;/q;2*-1;+2. The minimum atomic E-state index is -3.72. The second-order valence-electron chi connectivity index (χ2n) is 8.85. The third-order valence-corrected chi connectivity index (χ3v) is 6.31. The van der Waals surface area contributed by atoms with Gasteiger partial charge in [-0.05, 0) is 61.2 Å². The van der Waals surface area contributed by atoms with Crippen LogP contribution in [0.4, 0.5) is 14.6 Å². The molecule has 2 aliphatic rings. The molecule has 11 heteroatoms. The number of fused-ring (bicyclic) bond motifs is 1. The number of amides is 2. The molecule has 1 radical (unpaired) electrons. The van der Waals surface area contributed by atoms with E-state index >= 15 is 0 Å². The van der Waals surface area contributed by atoms with E-state index in [-0.39, 0.29) is 55.2 Å². The quantitative estimate of drug-likeness (QED) is 0.274. The van der Waals surface area contributed by atoms with E-state index in [1.165, 1.54) is 12.1 Å². The number of nitrogens with two attached hydrogens (primary N) is 1. The Bertz CT molecular complexity index is 1370. The fourth-order valence-electron chi connectivity index (χ4n) is 4.24. The molecule has 0 saturated heterocycles. The first kappa shape index (κ1) is 31.7. The predicted octanol–water partition coefficient (Wildman–Crippen LogP) is 4.64. The molecule has 8 nitrogen and oxygen atoms in total. The fourth-order valence-corrected chi connectivity index (χ4v) is 4.24. The van der Waals surface area contributed by atoms with Gasteiger partial charge in [0.1, 0.15) is 5.82 Å². The molecule has 1 aliphatic heterocycles. The van der Waals surface area contributed by atoms with Crippen LogP contribution < -0.4 is 25.8 Å². The van der Waals surface area contributed by atoms with Crippen LogP contribution in [0.25, 0.3) is 11.3 Å². The van der Waals surface area contributed by atoms with Crippen molar-refractivity contribution in [2.24, 2.45) is 5.73 Å². The van der Waals surface area contributed by atoms with Gasteiger partial charge in [0, 0.05) is 24.2 Å². The number of nitrogens with one attached hydrogen (secondary N) is 2. The average Bonchev–Trinajstić information content (AvgIpc) is 3.60. The van der Waals surface area contributed by atoms with Gasteiger partial charge in [-0.25, -0.2) is 4.98 Å². The maximum atomic E-state index is 13.4. The third-order valence-electron chi connectivity index (χ3n) is 6.31. The minimum Gasteiger partial charge on any atom is -0.395 e. The molecule has 0 spiro atoms. The summed E-state index contributed by atoms with van der Waals surface area (Å²) in [5.41, 5.74) is 7.86. The Morgan fingerprint density at radius 2 is 1.74 bits per heavy atom. The Labute approximate surface area is 237 Å². The number of nitrogens with zero attached hydrogens (tertiary/aromatic N) is 1. The summed E-state index contributed by atoms with van der Waals surface area (Å²) in [7, 11) is 0. The minimum absolute atomic E-state index is 0. The molecule has 2 aromatic carbocycles. The van der Waals surface area contributed by atoms with E-state index in [4.69, 9.17) is 5.73 Å². The fraction of sp³-hybridized carbons (Fsp3) is 0.250. The van der Waals surface area contributed by atoms with Crippen LogP contribution in [-0.2, 0) is 27.3 Å². The summed E-state index contributed by atoms with van der Waals surface area (Å²) >= 11 is 0. The van der Waals surface area contributed by atoms with Gasteiger partial charge in [0.25, 0.3) is 5.91 Å². The average molecular weight is 588 g/mol. The summed E-state index contributed by atoms with van der Waals surface area (Å²) in [5, 5.41) is 5.61. The Morgan fingerprint density at radius 3 is 2.44 bits per heavy atom. The molecular weight excluding hydrogens is 558 g/mol. The van der Waals surface area contributed by atoms with Gasteiger partial charge in [0.15, 0.2) is 11.5 Å². The van der Waals surface area contributed by atoms with Crippen LogP contribution in [0.1, 0.15) is 34.3 Å². The molecule has 0 unspecified atom stereocenters. The first-order chi connectivity index (χ1) is 17.2. The molecule has 0 atom stereocenters. The molecule has 0 bridgehead atoms. The van der Waals surface area contributed by atoms with Crippen LogP contribution >= 0.6 is 0 Å². The van der Waals surface area contributed by atoms with E-state index in [1.54, 1.807) is 30.3 Å². The van der Waals surface area contributed by atoms with Crippen molar-refractivity contribution in [1.29, 1.82) is 0 Å². The van der Waals surface area contributed by atoms with Crippen molar-refractivity contribution in [3.05, 3.63) is 86.1 Å². The van der Waals surface area contributed by atoms with Crippen LogP contribution in [0.2, 0.25) is 0 Å². The van der Waals surface area contributed by atoms with E-state index in [9.17, 15) is 18.4 Å². The molecule has 211 valence electrons. The van der Waals surface area contributed by atoms with Gasteiger partial charge < -0.3 is 40.7 Å². The number of ether oxygens (including phenoxy) is 2. The molecule has 2 amide bonds. The maximum Gasteiger partial charge on any atom is 2.00 e. The summed E-state index contributed by atoms with van der Waals surface area (Å²) in [6.45, 7) is 2.60. The van der Waals surface area contributed by atoms with Crippen LogP contribution in [-0.4, -0.2) is 36.2 Å². The van der Waals surface area contributed by atoms with Crippen LogP contribution in [0.15, 0.2) is 54.6 Å². The summed E-state index contributed by atoms with van der Waals surface area (Å²) in [4.78, 5) is 30.2. The second kappa shape index (κ2) is 12.1. The van der Waals surface area contributed by atoms with Crippen molar-refractivity contribution in [3.63, 3.8) is 0 Å². The predicted molar refractivity (Wildman–Crippen MR) is 141 cm³/mol. The summed E-state index contributed by atoms with van der Waals surface area (Å²) in [6, 6.07) is 15.0. The van der Waals surface area contributed by atoms with Gasteiger partial charge in [-0.3, -0.25) is 9.59 Å². The van der Waals surface area contributed by atoms with Crippen LogP contribution in [0.3, 0.4) is 0 Å². The van der Waals surface area contributed by atoms with Crippen LogP contribution in [0.5, 0.6) is 11.5 Å². The summed E-state index contributed by atoms with van der Waals surface area (Å²) < 4.78 is 35.8. The van der Waals surface area contributed by atoms with E-state index in [0.29, 0.717) is 48.6 Å². The zero-order valence-electron chi connectivity index (χ0n) is 21.7. The Hall–Kier alpha value is -3.53. The SMILES string of the molecule is Cc1ccc(NC(=O)C2(c3ccc4c(c3)OC(F)(F)O4)CC2)nc1-c1cccc(C(=O)NCCN)c1.[CH3-].[CH3-].[Cu+2]. The molecular formula is C28H30CuF2N4O4. The maximum absolute atomic E-state index is 13.4. The largest absolute Gasteiger partial charge is 2.00 e. The zero-order chi connectivity index (χ0) is 25.5. The number of anilines is 1. The Balaban J connectivity index is 0.00000178. The number of alkyl halides is 2. The van der Waals surface area contributed by atoms with Crippen molar-refractivity contribution in [2.45, 2.75) is 31.5 Å². The molecule has 1 aliphatic carbocycles. The third kappa shape index (κ3) is 6.38. The number of benzene rings is 2. The van der Waals surface area contributed by atoms with E-state index in [1.807, 2.05) is 19.1 Å². The normalized spacial score (nSPS) is 15.1. The van der Waals surface area contributed by atoms with Crippen molar-refractivity contribution in [3.8, 4) is 22.8 Å². The first-order valence-corrected chi connectivity index (χ1v) is 11.5. The van der Waals surface area contributed by atoms with Gasteiger partial charge in [0.2, 0.25) is 5.91 Å². The number of hydrogen-bond donors (Lipinski definition) is 3. The monoisotopic (exact) mass is 587 g/mol. The Kier molecular flexibility index (Phi) is 9.84. The molecule has 2 heterocycles. The summed E-state index contributed by atoms with van der Waals surface area (Å²) in [5.74, 6) is -0.338.